The third-order valence-electron chi connectivity index (χ3n) is 1.71. The van der Waals surface area contributed by atoms with Gasteiger partial charge in [0.2, 0.25) is 0 Å². The number of rotatable bonds is 1. The van der Waals surface area contributed by atoms with Crippen molar-refractivity contribution in [3.63, 3.8) is 0 Å². The molecule has 0 bridgehead atoms. The summed E-state index contributed by atoms with van der Waals surface area (Å²) in [5.74, 6) is 0.743. The van der Waals surface area contributed by atoms with E-state index in [4.69, 9.17) is 11.6 Å². The van der Waals surface area contributed by atoms with E-state index >= 15 is 0 Å². The van der Waals surface area contributed by atoms with Gasteiger partial charge in [0, 0.05) is 17.8 Å². The van der Waals surface area contributed by atoms with Gasteiger partial charge in [-0.1, -0.05) is 11.6 Å². The molecule has 0 amide bonds. The summed E-state index contributed by atoms with van der Waals surface area (Å²) in [6.45, 7) is 0. The SMILES string of the molecule is Clc1cc[nH]c1C1CC1. The summed E-state index contributed by atoms with van der Waals surface area (Å²) in [5.41, 5.74) is 1.23. The van der Waals surface area contributed by atoms with Gasteiger partial charge in [0.25, 0.3) is 0 Å². The summed E-state index contributed by atoms with van der Waals surface area (Å²) in [6.07, 6.45) is 4.51. The highest BCUT2D eigenvalue weighted by Gasteiger charge is 2.26. The van der Waals surface area contributed by atoms with E-state index in [9.17, 15) is 0 Å². The van der Waals surface area contributed by atoms with Crippen molar-refractivity contribution in [3.05, 3.63) is 23.0 Å². The van der Waals surface area contributed by atoms with Crippen molar-refractivity contribution in [1.29, 1.82) is 0 Å². The lowest BCUT2D eigenvalue weighted by atomic mass is 10.3. The Hall–Kier alpha value is -0.430. The first kappa shape index (κ1) is 5.36. The van der Waals surface area contributed by atoms with Gasteiger partial charge in [0.1, 0.15) is 0 Å². The second-order valence-corrected chi connectivity index (χ2v) is 2.92. The number of hydrogen-bond donors (Lipinski definition) is 1. The van der Waals surface area contributed by atoms with Gasteiger partial charge in [-0.25, -0.2) is 0 Å². The Kier molecular flexibility index (Phi) is 1.06. The average Bonchev–Trinajstić information content (AvgIpc) is 2.58. The Morgan fingerprint density at radius 1 is 1.56 bits per heavy atom. The van der Waals surface area contributed by atoms with Crippen molar-refractivity contribution in [2.75, 3.05) is 0 Å². The molecule has 1 nitrogen and oxygen atoms in total. The normalized spacial score (nSPS) is 18.3. The van der Waals surface area contributed by atoms with Crippen LogP contribution in [0.3, 0.4) is 0 Å². The minimum absolute atomic E-state index is 0.743. The Labute approximate surface area is 59.0 Å². The molecule has 0 radical (unpaired) electrons. The van der Waals surface area contributed by atoms with E-state index in [1.807, 2.05) is 12.3 Å². The predicted octanol–water partition coefficient (Wildman–Crippen LogP) is 2.55. The summed E-state index contributed by atoms with van der Waals surface area (Å²) in [7, 11) is 0. The lowest BCUT2D eigenvalue weighted by Gasteiger charge is -1.89. The zero-order chi connectivity index (χ0) is 6.27. The van der Waals surface area contributed by atoms with Crippen molar-refractivity contribution in [2.24, 2.45) is 0 Å². The molecule has 1 heterocycles. The molecule has 1 aromatic heterocycles. The highest BCUT2D eigenvalue weighted by atomic mass is 35.5. The van der Waals surface area contributed by atoms with Gasteiger partial charge < -0.3 is 4.98 Å². The van der Waals surface area contributed by atoms with E-state index < -0.39 is 0 Å². The number of aromatic nitrogens is 1. The largest absolute Gasteiger partial charge is 0.364 e. The van der Waals surface area contributed by atoms with Crippen LogP contribution in [0.15, 0.2) is 12.3 Å². The number of aromatic amines is 1. The molecule has 9 heavy (non-hydrogen) atoms. The molecule has 1 saturated carbocycles. The maximum absolute atomic E-state index is 5.84. The van der Waals surface area contributed by atoms with Crippen LogP contribution in [0.2, 0.25) is 5.02 Å². The van der Waals surface area contributed by atoms with Gasteiger partial charge in [-0.15, -0.1) is 0 Å². The fourth-order valence-corrected chi connectivity index (χ4v) is 1.32. The molecule has 1 aromatic rings. The lowest BCUT2D eigenvalue weighted by molar-refractivity contribution is 1.05. The van der Waals surface area contributed by atoms with Crippen molar-refractivity contribution in [3.8, 4) is 0 Å². The van der Waals surface area contributed by atoms with Crippen molar-refractivity contribution < 1.29 is 0 Å². The van der Waals surface area contributed by atoms with Crippen LogP contribution in [0, 0.1) is 0 Å². The maximum Gasteiger partial charge on any atom is 0.0615 e. The Balaban J connectivity index is 2.35. The number of H-pyrrole nitrogens is 1. The van der Waals surface area contributed by atoms with Crippen LogP contribution in [0.25, 0.3) is 0 Å². The molecule has 48 valence electrons. The van der Waals surface area contributed by atoms with Crippen LogP contribution in [-0.2, 0) is 0 Å². The third-order valence-corrected chi connectivity index (χ3v) is 2.04. The van der Waals surface area contributed by atoms with Gasteiger partial charge in [0.15, 0.2) is 0 Å². The monoisotopic (exact) mass is 141 g/mol. The highest BCUT2D eigenvalue weighted by Crippen LogP contribution is 2.41. The first-order valence-electron chi connectivity index (χ1n) is 3.20. The van der Waals surface area contributed by atoms with E-state index in [1.165, 1.54) is 18.5 Å². The summed E-state index contributed by atoms with van der Waals surface area (Å²) >= 11 is 5.84. The minimum atomic E-state index is 0.743. The Morgan fingerprint density at radius 3 is 2.78 bits per heavy atom. The van der Waals surface area contributed by atoms with Crippen molar-refractivity contribution >= 4 is 11.6 Å². The molecule has 1 aliphatic carbocycles. The summed E-state index contributed by atoms with van der Waals surface area (Å²) < 4.78 is 0. The van der Waals surface area contributed by atoms with Gasteiger partial charge in [-0.05, 0) is 18.9 Å². The van der Waals surface area contributed by atoms with Crippen molar-refractivity contribution in [2.45, 2.75) is 18.8 Å². The van der Waals surface area contributed by atoms with E-state index in [1.54, 1.807) is 0 Å². The zero-order valence-electron chi connectivity index (χ0n) is 5.02. The van der Waals surface area contributed by atoms with Crippen LogP contribution in [0.5, 0.6) is 0 Å². The van der Waals surface area contributed by atoms with Crippen LogP contribution >= 0.6 is 11.6 Å². The summed E-state index contributed by atoms with van der Waals surface area (Å²) in [6, 6.07) is 1.91. The first-order valence-corrected chi connectivity index (χ1v) is 3.58. The van der Waals surface area contributed by atoms with Gasteiger partial charge in [-0.3, -0.25) is 0 Å². The maximum atomic E-state index is 5.84. The van der Waals surface area contributed by atoms with Crippen LogP contribution in [-0.4, -0.2) is 4.98 Å². The molecule has 0 spiro atoms. The lowest BCUT2D eigenvalue weighted by Crippen LogP contribution is -1.76. The van der Waals surface area contributed by atoms with E-state index in [-0.39, 0.29) is 0 Å². The number of halogens is 1. The van der Waals surface area contributed by atoms with Crippen LogP contribution < -0.4 is 0 Å². The van der Waals surface area contributed by atoms with E-state index in [0.29, 0.717) is 0 Å². The fourth-order valence-electron chi connectivity index (χ4n) is 1.05. The fraction of sp³-hybridized carbons (Fsp3) is 0.429. The average molecular weight is 142 g/mol. The Bertz CT molecular complexity index is 212. The standard InChI is InChI=1S/C7H8ClN/c8-6-3-4-9-7(6)5-1-2-5/h3-5,9H,1-2H2. The number of hydrogen-bond acceptors (Lipinski definition) is 0. The molecule has 0 unspecified atom stereocenters. The first-order chi connectivity index (χ1) is 4.38. The molecule has 0 aliphatic heterocycles. The molecule has 2 heteroatoms. The molecule has 0 saturated heterocycles. The second kappa shape index (κ2) is 1.77. The zero-order valence-corrected chi connectivity index (χ0v) is 5.78. The van der Waals surface area contributed by atoms with Crippen LogP contribution in [0.4, 0.5) is 0 Å². The Morgan fingerprint density at radius 2 is 2.33 bits per heavy atom. The van der Waals surface area contributed by atoms with Gasteiger partial charge in [-0.2, -0.15) is 0 Å². The highest BCUT2D eigenvalue weighted by molar-refractivity contribution is 6.31. The second-order valence-electron chi connectivity index (χ2n) is 2.51. The smallest absolute Gasteiger partial charge is 0.0615 e. The molecular formula is C7H8ClN. The molecular weight excluding hydrogens is 134 g/mol. The molecule has 0 aromatic carbocycles. The molecule has 1 aliphatic rings. The van der Waals surface area contributed by atoms with Gasteiger partial charge in [0.05, 0.1) is 5.02 Å². The van der Waals surface area contributed by atoms with E-state index in [0.717, 1.165) is 10.9 Å². The quantitative estimate of drug-likeness (QED) is 0.619. The minimum Gasteiger partial charge on any atom is -0.364 e. The third kappa shape index (κ3) is 0.855. The van der Waals surface area contributed by atoms with Crippen LogP contribution in [0.1, 0.15) is 24.5 Å². The molecule has 1 fully saturated rings. The summed E-state index contributed by atoms with van der Waals surface area (Å²) in [5, 5.41) is 0.900. The van der Waals surface area contributed by atoms with Gasteiger partial charge >= 0.3 is 0 Å². The predicted molar refractivity (Wildman–Crippen MR) is 37.8 cm³/mol. The molecule has 0 atom stereocenters. The van der Waals surface area contributed by atoms with Crippen molar-refractivity contribution in [1.82, 2.24) is 4.98 Å². The number of nitrogens with one attached hydrogen (secondary N) is 1. The summed E-state index contributed by atoms with van der Waals surface area (Å²) in [4.78, 5) is 3.14. The topological polar surface area (TPSA) is 15.8 Å². The molecule has 2 rings (SSSR count). The van der Waals surface area contributed by atoms with E-state index in [2.05, 4.69) is 4.98 Å². The molecule has 1 N–H and O–H groups in total.